The van der Waals surface area contributed by atoms with E-state index in [0.717, 1.165) is 12.8 Å². The highest BCUT2D eigenvalue weighted by Gasteiger charge is 2.39. The quantitative estimate of drug-likeness (QED) is 0.639. The Morgan fingerprint density at radius 1 is 0.800 bits per heavy atom. The molecular weight excluding hydrogens is 240 g/mol. The molecule has 0 saturated heterocycles. The first-order chi connectivity index (χ1) is 9.78. The lowest BCUT2D eigenvalue weighted by atomic mass is 9.62. The Morgan fingerprint density at radius 2 is 1.35 bits per heavy atom. The predicted molar refractivity (Wildman–Crippen MR) is 87.8 cm³/mol. The summed E-state index contributed by atoms with van der Waals surface area (Å²) in [7, 11) is 0. The first-order valence-electron chi connectivity index (χ1n) is 7.64. The highest BCUT2D eigenvalue weighted by molar-refractivity contribution is 5.93. The number of allylic oxidation sites excluding steroid dienone is 2. The Kier molecular flexibility index (Phi) is 3.25. The molecule has 0 heteroatoms. The van der Waals surface area contributed by atoms with Crippen LogP contribution in [-0.4, -0.2) is 0 Å². The molecule has 0 aromatic heterocycles. The summed E-state index contributed by atoms with van der Waals surface area (Å²) >= 11 is 0. The Bertz CT molecular complexity index is 657. The maximum atomic E-state index is 2.32. The minimum absolute atomic E-state index is 0.166. The second kappa shape index (κ2) is 4.94. The standard InChI is InChI=1S/C20H22/c1-4-18-16-12-8-7-11-15(16)17-13-9-10-14-19(17)20(18,5-2)6-3/h4,7-14H,5-6H2,1-3H3. The molecule has 0 spiro atoms. The summed E-state index contributed by atoms with van der Waals surface area (Å²) < 4.78 is 0. The van der Waals surface area contributed by atoms with Crippen molar-refractivity contribution in [1.82, 2.24) is 0 Å². The molecule has 2 aromatic carbocycles. The third-order valence-corrected chi connectivity index (χ3v) is 4.96. The number of hydrogen-bond acceptors (Lipinski definition) is 0. The van der Waals surface area contributed by atoms with Crippen LogP contribution in [0.1, 0.15) is 44.7 Å². The topological polar surface area (TPSA) is 0 Å². The highest BCUT2D eigenvalue weighted by atomic mass is 14.4. The second-order valence-electron chi connectivity index (χ2n) is 5.58. The van der Waals surface area contributed by atoms with Crippen molar-refractivity contribution < 1.29 is 0 Å². The molecule has 0 saturated carbocycles. The van der Waals surface area contributed by atoms with Crippen molar-refractivity contribution in [3.8, 4) is 11.1 Å². The molecule has 0 heterocycles. The third-order valence-electron chi connectivity index (χ3n) is 4.96. The maximum absolute atomic E-state index is 2.32. The summed E-state index contributed by atoms with van der Waals surface area (Å²) in [4.78, 5) is 0. The number of hydrogen-bond donors (Lipinski definition) is 0. The molecule has 2 aromatic rings. The Labute approximate surface area is 122 Å². The average Bonchev–Trinajstić information content (AvgIpc) is 2.53. The zero-order valence-corrected chi connectivity index (χ0v) is 12.6. The molecule has 0 radical (unpaired) electrons. The molecule has 0 aliphatic heterocycles. The van der Waals surface area contributed by atoms with Gasteiger partial charge in [0, 0.05) is 5.41 Å². The van der Waals surface area contributed by atoms with Crippen molar-refractivity contribution in [3.63, 3.8) is 0 Å². The summed E-state index contributed by atoms with van der Waals surface area (Å²) in [5, 5.41) is 0. The molecule has 0 N–H and O–H groups in total. The molecule has 3 rings (SSSR count). The fourth-order valence-electron chi connectivity index (χ4n) is 3.93. The van der Waals surface area contributed by atoms with Gasteiger partial charge in [0.1, 0.15) is 0 Å². The normalized spacial score (nSPS) is 17.6. The van der Waals surface area contributed by atoms with Crippen LogP contribution in [0.5, 0.6) is 0 Å². The molecule has 20 heavy (non-hydrogen) atoms. The summed E-state index contributed by atoms with van der Waals surface area (Å²) in [6.07, 6.45) is 4.62. The first kappa shape index (κ1) is 13.2. The molecular formula is C20H22. The number of fused-ring (bicyclic) bond motifs is 3. The average molecular weight is 262 g/mol. The lowest BCUT2D eigenvalue weighted by Crippen LogP contribution is -2.30. The zero-order chi connectivity index (χ0) is 14.2. The van der Waals surface area contributed by atoms with Crippen molar-refractivity contribution in [2.45, 2.75) is 39.0 Å². The van der Waals surface area contributed by atoms with Gasteiger partial charge in [0.25, 0.3) is 0 Å². The fourth-order valence-corrected chi connectivity index (χ4v) is 3.93. The van der Waals surface area contributed by atoms with E-state index in [1.807, 2.05) is 0 Å². The van der Waals surface area contributed by atoms with E-state index in [2.05, 4.69) is 75.4 Å². The molecule has 0 unspecified atom stereocenters. The van der Waals surface area contributed by atoms with Gasteiger partial charge in [0.05, 0.1) is 0 Å². The van der Waals surface area contributed by atoms with Crippen LogP contribution in [0.3, 0.4) is 0 Å². The third kappa shape index (κ3) is 1.61. The van der Waals surface area contributed by atoms with Gasteiger partial charge in [-0.15, -0.1) is 0 Å². The first-order valence-corrected chi connectivity index (χ1v) is 7.64. The molecule has 0 amide bonds. The van der Waals surface area contributed by atoms with Crippen molar-refractivity contribution in [2.24, 2.45) is 0 Å². The summed E-state index contributed by atoms with van der Waals surface area (Å²) in [6.45, 7) is 6.82. The van der Waals surface area contributed by atoms with Crippen LogP contribution in [0.4, 0.5) is 0 Å². The molecule has 0 fully saturated rings. The van der Waals surface area contributed by atoms with Gasteiger partial charge in [0.2, 0.25) is 0 Å². The van der Waals surface area contributed by atoms with E-state index < -0.39 is 0 Å². The summed E-state index contributed by atoms with van der Waals surface area (Å²) in [5.74, 6) is 0. The van der Waals surface area contributed by atoms with Gasteiger partial charge >= 0.3 is 0 Å². The Balaban J connectivity index is 2.42. The van der Waals surface area contributed by atoms with Crippen LogP contribution >= 0.6 is 0 Å². The fraction of sp³-hybridized carbons (Fsp3) is 0.300. The van der Waals surface area contributed by atoms with E-state index in [0.29, 0.717) is 0 Å². The molecule has 102 valence electrons. The largest absolute Gasteiger partial charge is 0.0829 e. The van der Waals surface area contributed by atoms with Gasteiger partial charge in [-0.05, 0) is 47.6 Å². The lowest BCUT2D eigenvalue weighted by Gasteiger charge is -2.41. The Hall–Kier alpha value is -1.82. The molecule has 0 bridgehead atoms. The van der Waals surface area contributed by atoms with E-state index in [1.165, 1.54) is 27.8 Å². The van der Waals surface area contributed by atoms with E-state index in [-0.39, 0.29) is 5.41 Å². The SMILES string of the molecule is CC=C1c2ccccc2-c2ccccc2C1(CC)CC. The van der Waals surface area contributed by atoms with Crippen molar-refractivity contribution in [3.05, 3.63) is 65.7 Å². The van der Waals surface area contributed by atoms with Gasteiger partial charge in [-0.3, -0.25) is 0 Å². The van der Waals surface area contributed by atoms with E-state index in [4.69, 9.17) is 0 Å². The van der Waals surface area contributed by atoms with Gasteiger partial charge in [-0.2, -0.15) is 0 Å². The maximum Gasteiger partial charge on any atom is 0.0206 e. The monoisotopic (exact) mass is 262 g/mol. The molecule has 0 nitrogen and oxygen atoms in total. The van der Waals surface area contributed by atoms with E-state index in [9.17, 15) is 0 Å². The second-order valence-corrected chi connectivity index (χ2v) is 5.58. The van der Waals surface area contributed by atoms with E-state index in [1.54, 1.807) is 0 Å². The van der Waals surface area contributed by atoms with Crippen LogP contribution < -0.4 is 0 Å². The van der Waals surface area contributed by atoms with Crippen LogP contribution in [0.15, 0.2) is 54.6 Å². The van der Waals surface area contributed by atoms with Crippen LogP contribution in [0.2, 0.25) is 0 Å². The van der Waals surface area contributed by atoms with Crippen molar-refractivity contribution >= 4 is 5.57 Å². The minimum atomic E-state index is 0.166. The number of rotatable bonds is 2. The zero-order valence-electron chi connectivity index (χ0n) is 12.6. The minimum Gasteiger partial charge on any atom is -0.0829 e. The van der Waals surface area contributed by atoms with Crippen molar-refractivity contribution in [1.29, 1.82) is 0 Å². The van der Waals surface area contributed by atoms with Crippen LogP contribution in [0, 0.1) is 0 Å². The smallest absolute Gasteiger partial charge is 0.0206 e. The lowest BCUT2D eigenvalue weighted by molar-refractivity contribution is 0.513. The van der Waals surface area contributed by atoms with Crippen LogP contribution in [0.25, 0.3) is 16.7 Å². The summed E-state index contributed by atoms with van der Waals surface area (Å²) in [6, 6.07) is 17.8. The predicted octanol–water partition coefficient (Wildman–Crippen LogP) is 5.83. The van der Waals surface area contributed by atoms with Gasteiger partial charge in [-0.25, -0.2) is 0 Å². The highest BCUT2D eigenvalue weighted by Crippen LogP contribution is 2.53. The van der Waals surface area contributed by atoms with Crippen molar-refractivity contribution in [2.75, 3.05) is 0 Å². The molecule has 1 aliphatic rings. The summed E-state index contributed by atoms with van der Waals surface area (Å²) in [5.41, 5.74) is 7.37. The molecule has 0 atom stereocenters. The van der Waals surface area contributed by atoms with Gasteiger partial charge < -0.3 is 0 Å². The van der Waals surface area contributed by atoms with E-state index >= 15 is 0 Å². The Morgan fingerprint density at radius 3 is 1.95 bits per heavy atom. The molecule has 1 aliphatic carbocycles. The number of benzene rings is 2. The van der Waals surface area contributed by atoms with Gasteiger partial charge in [-0.1, -0.05) is 68.5 Å². The van der Waals surface area contributed by atoms with Crippen LogP contribution in [-0.2, 0) is 5.41 Å². The van der Waals surface area contributed by atoms with Gasteiger partial charge in [0.15, 0.2) is 0 Å².